The summed E-state index contributed by atoms with van der Waals surface area (Å²) in [6.45, 7) is 3.74. The minimum absolute atomic E-state index is 0. The van der Waals surface area contributed by atoms with Gasteiger partial charge in [0.1, 0.15) is 5.82 Å². The van der Waals surface area contributed by atoms with Crippen LogP contribution in [0.3, 0.4) is 0 Å². The molecule has 158 valence electrons. The van der Waals surface area contributed by atoms with Crippen LogP contribution in [0.5, 0.6) is 0 Å². The highest BCUT2D eigenvalue weighted by molar-refractivity contribution is 14.0. The number of nitrogens with zero attached hydrogens (tertiary/aromatic N) is 1. The van der Waals surface area contributed by atoms with E-state index in [9.17, 15) is 9.18 Å². The molecule has 0 fully saturated rings. The molecule has 0 aliphatic carbocycles. The maximum absolute atomic E-state index is 13.0. The lowest BCUT2D eigenvalue weighted by Gasteiger charge is -2.11. The first kappa shape index (κ1) is 23.4. The van der Waals surface area contributed by atoms with Crippen molar-refractivity contribution in [3.63, 3.8) is 0 Å². The van der Waals surface area contributed by atoms with Gasteiger partial charge in [-0.25, -0.2) is 9.38 Å². The lowest BCUT2D eigenvalue weighted by molar-refractivity contribution is 0.0996. The Hall–Kier alpha value is -2.88. The van der Waals surface area contributed by atoms with E-state index < -0.39 is 0 Å². The van der Waals surface area contributed by atoms with Gasteiger partial charge in [0.2, 0.25) is 0 Å². The zero-order chi connectivity index (χ0) is 20.5. The molecule has 0 saturated carbocycles. The van der Waals surface area contributed by atoms with Gasteiger partial charge in [-0.15, -0.1) is 24.0 Å². The van der Waals surface area contributed by atoms with E-state index in [1.54, 1.807) is 24.3 Å². The summed E-state index contributed by atoms with van der Waals surface area (Å²) in [5, 5.41) is 9.19. The van der Waals surface area contributed by atoms with Crippen molar-refractivity contribution in [3.05, 3.63) is 89.6 Å². The molecule has 0 aliphatic heterocycles. The number of aliphatic imine (C=N–C) groups is 1. The molecule has 0 aliphatic rings. The third-order valence-electron chi connectivity index (χ3n) is 4.09. The second-order valence-corrected chi connectivity index (χ2v) is 6.30. The van der Waals surface area contributed by atoms with Crippen molar-refractivity contribution >= 4 is 41.5 Å². The molecule has 0 bridgehead atoms. The molecule has 1 heterocycles. The summed E-state index contributed by atoms with van der Waals surface area (Å²) in [7, 11) is 0. The van der Waals surface area contributed by atoms with Gasteiger partial charge in [-0.3, -0.25) is 4.79 Å². The molecule has 1 aromatic heterocycles. The van der Waals surface area contributed by atoms with Gasteiger partial charge in [0, 0.05) is 18.8 Å². The van der Waals surface area contributed by atoms with Crippen molar-refractivity contribution in [1.29, 1.82) is 0 Å². The van der Waals surface area contributed by atoms with Gasteiger partial charge in [0.05, 0.1) is 12.8 Å². The predicted molar refractivity (Wildman–Crippen MR) is 127 cm³/mol. The average Bonchev–Trinajstić information content (AvgIpc) is 3.27. The zero-order valence-corrected chi connectivity index (χ0v) is 18.9. The van der Waals surface area contributed by atoms with Crippen LogP contribution in [0.25, 0.3) is 0 Å². The Morgan fingerprint density at radius 2 is 1.70 bits per heavy atom. The molecule has 0 spiro atoms. The van der Waals surface area contributed by atoms with E-state index >= 15 is 0 Å². The topological polar surface area (TPSA) is 78.7 Å². The van der Waals surface area contributed by atoms with E-state index in [1.165, 1.54) is 18.4 Å². The molecule has 0 unspecified atom stereocenters. The molecule has 2 aromatic carbocycles. The van der Waals surface area contributed by atoms with Crippen molar-refractivity contribution in [2.75, 3.05) is 11.9 Å². The molecule has 3 aromatic rings. The molecule has 30 heavy (non-hydrogen) atoms. The number of halogens is 2. The smallest absolute Gasteiger partial charge is 0.291 e. The Bertz CT molecular complexity index is 942. The number of hydrogen-bond donors (Lipinski definition) is 3. The summed E-state index contributed by atoms with van der Waals surface area (Å²) < 4.78 is 18.1. The van der Waals surface area contributed by atoms with Gasteiger partial charge >= 0.3 is 0 Å². The molecule has 3 N–H and O–H groups in total. The van der Waals surface area contributed by atoms with Gasteiger partial charge in [-0.05, 0) is 54.4 Å². The Kier molecular flexibility index (Phi) is 9.33. The lowest BCUT2D eigenvalue weighted by atomic mass is 10.2. The number of carbonyl (C=O) groups excluding carboxylic acids is 1. The molecule has 0 saturated heterocycles. The van der Waals surface area contributed by atoms with E-state index in [0.29, 0.717) is 24.7 Å². The van der Waals surface area contributed by atoms with Crippen LogP contribution in [0.4, 0.5) is 10.1 Å². The highest BCUT2D eigenvalue weighted by atomic mass is 127. The Labute approximate surface area is 192 Å². The second-order valence-electron chi connectivity index (χ2n) is 6.30. The minimum atomic E-state index is -0.291. The lowest BCUT2D eigenvalue weighted by Crippen LogP contribution is -2.36. The molecule has 0 radical (unpaired) electrons. The summed E-state index contributed by atoms with van der Waals surface area (Å²) >= 11 is 0. The van der Waals surface area contributed by atoms with Crippen LogP contribution in [-0.2, 0) is 13.1 Å². The summed E-state index contributed by atoms with van der Waals surface area (Å²) in [4.78, 5) is 16.6. The van der Waals surface area contributed by atoms with E-state index in [1.807, 2.05) is 31.2 Å². The largest absolute Gasteiger partial charge is 0.459 e. The predicted octanol–water partition coefficient (Wildman–Crippen LogP) is 4.54. The zero-order valence-electron chi connectivity index (χ0n) is 16.5. The number of guanidine groups is 1. The molecule has 1 amide bonds. The number of carbonyl (C=O) groups is 1. The first-order valence-electron chi connectivity index (χ1n) is 9.34. The average molecular weight is 522 g/mol. The van der Waals surface area contributed by atoms with Crippen LogP contribution in [-0.4, -0.2) is 18.4 Å². The monoisotopic (exact) mass is 522 g/mol. The normalized spacial score (nSPS) is 10.8. The fourth-order valence-electron chi connectivity index (χ4n) is 2.59. The minimum Gasteiger partial charge on any atom is -0.459 e. The highest BCUT2D eigenvalue weighted by Gasteiger charge is 2.08. The van der Waals surface area contributed by atoms with Gasteiger partial charge in [-0.2, -0.15) is 0 Å². The van der Waals surface area contributed by atoms with Gasteiger partial charge in [-0.1, -0.05) is 24.3 Å². The van der Waals surface area contributed by atoms with E-state index in [2.05, 4.69) is 20.9 Å². The van der Waals surface area contributed by atoms with Crippen molar-refractivity contribution in [1.82, 2.24) is 10.6 Å². The summed E-state index contributed by atoms with van der Waals surface area (Å²) in [5.41, 5.74) is 2.65. The Morgan fingerprint density at radius 3 is 2.33 bits per heavy atom. The highest BCUT2D eigenvalue weighted by Crippen LogP contribution is 2.12. The summed E-state index contributed by atoms with van der Waals surface area (Å²) in [6, 6.07) is 17.1. The van der Waals surface area contributed by atoms with Crippen molar-refractivity contribution in [2.45, 2.75) is 20.0 Å². The number of nitrogens with one attached hydrogen (secondary N) is 3. The second kappa shape index (κ2) is 12.0. The molecule has 8 heteroatoms. The first-order chi connectivity index (χ1) is 14.1. The Morgan fingerprint density at radius 1 is 1.00 bits per heavy atom. The Balaban J connectivity index is 0.00000320. The molecular weight excluding hydrogens is 498 g/mol. The van der Waals surface area contributed by atoms with Crippen LogP contribution in [0.15, 0.2) is 76.3 Å². The van der Waals surface area contributed by atoms with E-state index in [0.717, 1.165) is 17.7 Å². The fourth-order valence-corrected chi connectivity index (χ4v) is 2.59. The van der Waals surface area contributed by atoms with Crippen LogP contribution in [0.2, 0.25) is 0 Å². The third kappa shape index (κ3) is 7.18. The van der Waals surface area contributed by atoms with Crippen LogP contribution >= 0.6 is 24.0 Å². The number of hydrogen-bond acceptors (Lipinski definition) is 3. The van der Waals surface area contributed by atoms with Crippen molar-refractivity contribution < 1.29 is 13.6 Å². The van der Waals surface area contributed by atoms with Crippen LogP contribution in [0.1, 0.15) is 28.6 Å². The summed E-state index contributed by atoms with van der Waals surface area (Å²) in [6.07, 6.45) is 1.46. The molecular formula is C22H24FIN4O2. The molecule has 3 rings (SSSR count). The number of rotatable bonds is 7. The molecule has 0 atom stereocenters. The quantitative estimate of drug-likeness (QED) is 0.242. The maximum Gasteiger partial charge on any atom is 0.291 e. The van der Waals surface area contributed by atoms with E-state index in [4.69, 9.17) is 4.42 Å². The van der Waals surface area contributed by atoms with Crippen LogP contribution in [0, 0.1) is 5.82 Å². The SMILES string of the molecule is CCNC(=NCc1ccc(NC(=O)c2ccco2)cc1)NCc1ccc(F)cc1.I. The number of amides is 1. The first-order valence-corrected chi connectivity index (χ1v) is 9.34. The molecule has 6 nitrogen and oxygen atoms in total. The number of benzene rings is 2. The summed E-state index contributed by atoms with van der Waals surface area (Å²) in [5.74, 6) is 0.395. The standard InChI is InChI=1S/C22H23FN4O2.HI/c1-2-24-22(25-14-16-5-9-18(23)10-6-16)26-15-17-7-11-19(12-8-17)27-21(28)20-4-3-13-29-20;/h3-13H,2,14-15H2,1H3,(H,27,28)(H2,24,25,26);1H. The van der Waals surface area contributed by atoms with Gasteiger partial charge in [0.15, 0.2) is 11.7 Å². The maximum atomic E-state index is 13.0. The van der Waals surface area contributed by atoms with Crippen molar-refractivity contribution in [3.8, 4) is 0 Å². The number of anilines is 1. The third-order valence-corrected chi connectivity index (χ3v) is 4.09. The number of furan rings is 1. The van der Waals surface area contributed by atoms with Gasteiger partial charge in [0.25, 0.3) is 5.91 Å². The van der Waals surface area contributed by atoms with Crippen LogP contribution < -0.4 is 16.0 Å². The fraction of sp³-hybridized carbons (Fsp3) is 0.182. The van der Waals surface area contributed by atoms with Gasteiger partial charge < -0.3 is 20.4 Å². The van der Waals surface area contributed by atoms with E-state index in [-0.39, 0.29) is 41.5 Å². The van der Waals surface area contributed by atoms with Crippen molar-refractivity contribution in [2.24, 2.45) is 4.99 Å².